The number of thiophene rings is 1. The summed E-state index contributed by atoms with van der Waals surface area (Å²) in [5.41, 5.74) is 4.96. The first kappa shape index (κ1) is 42.5. The van der Waals surface area contributed by atoms with Crippen LogP contribution in [0.1, 0.15) is 115 Å². The highest BCUT2D eigenvalue weighted by Gasteiger charge is 2.46. The number of amides is 2. The summed E-state index contributed by atoms with van der Waals surface area (Å²) < 4.78 is 1.86. The average molecular weight is 798 g/mol. The minimum atomic E-state index is -0.674. The Labute approximate surface area is 342 Å². The molecule has 12 heteroatoms. The summed E-state index contributed by atoms with van der Waals surface area (Å²) in [7, 11) is 0. The van der Waals surface area contributed by atoms with Gasteiger partial charge in [-0.3, -0.25) is 14.4 Å². The largest absolute Gasteiger partial charge is 0.393 e. The third kappa shape index (κ3) is 11.3. The first-order chi connectivity index (χ1) is 27.4. The SMILES string of the molecule is CCCc1cc(N[C@@H]2CC[C@@H](NC(=O)CCCCCCN[C@H](C(=O)C3C[C@H](O)C[C@H]3C(=O)NCc3ccc(-c4sccc4C)cc3)C(C)(C)C)C2)n2nccc2n1. The quantitative estimate of drug-likeness (QED) is 0.0617. The number of nitrogens with one attached hydrogen (secondary N) is 4. The van der Waals surface area contributed by atoms with Crippen LogP contribution in [0.25, 0.3) is 16.1 Å². The molecule has 0 saturated heterocycles. The van der Waals surface area contributed by atoms with Crippen molar-refractivity contribution >= 4 is 40.4 Å². The van der Waals surface area contributed by atoms with E-state index < -0.39 is 24.0 Å². The number of carbonyl (C=O) groups excluding carboxylic acids is 3. The fourth-order valence-corrected chi connectivity index (χ4v) is 9.58. The van der Waals surface area contributed by atoms with Crippen LogP contribution in [-0.4, -0.2) is 68.1 Å². The number of fused-ring (bicyclic) bond motifs is 1. The molecule has 1 aromatic carbocycles. The average Bonchev–Trinajstić information content (AvgIpc) is 4.00. The van der Waals surface area contributed by atoms with Crippen molar-refractivity contribution in [3.63, 3.8) is 0 Å². The zero-order valence-corrected chi connectivity index (χ0v) is 35.3. The van der Waals surface area contributed by atoms with E-state index in [1.807, 2.05) is 43.5 Å². The standard InChI is InChI=1S/C45H63N7O4S/c1-6-11-32-25-39(52-38(49-32)19-22-48-52)50-33-17-18-34(24-33)51-40(54)12-9-7-8-10-21-46-43(45(3,4)5)41(55)36-26-35(53)27-37(36)44(56)47-28-30-13-15-31(16-14-30)42-29(2)20-23-57-42/h13-16,19-20,22-23,25,33-37,43,46,50,53H,6-12,17-18,21,24,26-28H2,1-5H3,(H,47,56)(H,51,54)/t33-,34-,35+,36?,37-,43-/m1/s1. The van der Waals surface area contributed by atoms with Crippen LogP contribution in [0.15, 0.2) is 54.0 Å². The number of anilines is 1. The second kappa shape index (κ2) is 19.5. The molecule has 2 amide bonds. The first-order valence-electron chi connectivity index (χ1n) is 21.2. The monoisotopic (exact) mass is 797 g/mol. The molecule has 0 aliphatic heterocycles. The van der Waals surface area contributed by atoms with Gasteiger partial charge in [-0.05, 0) is 98.4 Å². The summed E-state index contributed by atoms with van der Waals surface area (Å²) in [4.78, 5) is 46.3. The second-order valence-electron chi connectivity index (χ2n) is 17.4. The van der Waals surface area contributed by atoms with E-state index in [4.69, 9.17) is 4.98 Å². The summed E-state index contributed by atoms with van der Waals surface area (Å²) in [6.45, 7) is 11.5. The maximum absolute atomic E-state index is 14.1. The van der Waals surface area contributed by atoms with Crippen LogP contribution in [0.4, 0.5) is 5.82 Å². The van der Waals surface area contributed by atoms with Crippen molar-refractivity contribution in [1.82, 2.24) is 30.5 Å². The smallest absolute Gasteiger partial charge is 0.224 e. The van der Waals surface area contributed by atoms with Crippen molar-refractivity contribution in [3.8, 4) is 10.4 Å². The Morgan fingerprint density at radius 2 is 1.72 bits per heavy atom. The molecule has 3 aromatic heterocycles. The van der Waals surface area contributed by atoms with Gasteiger partial charge in [0.15, 0.2) is 11.4 Å². The number of rotatable bonds is 19. The predicted octanol–water partition coefficient (Wildman–Crippen LogP) is 7.40. The molecule has 2 aliphatic rings. The Bertz CT molecular complexity index is 1950. The van der Waals surface area contributed by atoms with E-state index in [-0.39, 0.29) is 35.1 Å². The molecule has 6 rings (SSSR count). The molecular formula is C45H63N7O4S. The van der Waals surface area contributed by atoms with Crippen molar-refractivity contribution in [1.29, 1.82) is 0 Å². The van der Waals surface area contributed by atoms with Crippen LogP contribution in [0.5, 0.6) is 0 Å². The van der Waals surface area contributed by atoms with Crippen LogP contribution >= 0.6 is 11.3 Å². The van der Waals surface area contributed by atoms with Crippen LogP contribution in [0, 0.1) is 24.2 Å². The summed E-state index contributed by atoms with van der Waals surface area (Å²) in [5.74, 6) is -0.190. The molecule has 0 spiro atoms. The fraction of sp³-hybridized carbons (Fsp3) is 0.578. The number of hydrogen-bond donors (Lipinski definition) is 5. The van der Waals surface area contributed by atoms with E-state index in [9.17, 15) is 19.5 Å². The molecule has 1 unspecified atom stereocenters. The van der Waals surface area contributed by atoms with Gasteiger partial charge in [0.25, 0.3) is 0 Å². The lowest BCUT2D eigenvalue weighted by atomic mass is 9.77. The van der Waals surface area contributed by atoms with Gasteiger partial charge in [-0.25, -0.2) is 4.98 Å². The minimum Gasteiger partial charge on any atom is -0.393 e. The van der Waals surface area contributed by atoms with E-state index >= 15 is 0 Å². The molecule has 11 nitrogen and oxygen atoms in total. The van der Waals surface area contributed by atoms with Crippen LogP contribution in [-0.2, 0) is 27.3 Å². The highest BCUT2D eigenvalue weighted by molar-refractivity contribution is 7.13. The van der Waals surface area contributed by atoms with Gasteiger partial charge in [-0.2, -0.15) is 9.61 Å². The predicted molar refractivity (Wildman–Crippen MR) is 228 cm³/mol. The first-order valence-corrected chi connectivity index (χ1v) is 22.0. The van der Waals surface area contributed by atoms with Gasteiger partial charge in [0.1, 0.15) is 5.82 Å². The topological polar surface area (TPSA) is 150 Å². The number of Topliss-reactive ketones (excluding diaryl/α,β-unsaturated/α-hetero) is 1. The molecule has 0 radical (unpaired) electrons. The molecule has 2 fully saturated rings. The number of benzene rings is 1. The van der Waals surface area contributed by atoms with E-state index in [2.05, 4.69) is 69.9 Å². The highest BCUT2D eigenvalue weighted by atomic mass is 32.1. The number of carbonyl (C=O) groups is 3. The third-order valence-electron chi connectivity index (χ3n) is 11.7. The molecule has 308 valence electrons. The number of aliphatic hydroxyl groups excluding tert-OH is 1. The Kier molecular flexibility index (Phi) is 14.6. The lowest BCUT2D eigenvalue weighted by Crippen LogP contribution is -2.51. The maximum atomic E-state index is 14.1. The number of unbranched alkanes of at least 4 members (excludes halogenated alkanes) is 3. The van der Waals surface area contributed by atoms with Gasteiger partial charge in [-0.1, -0.05) is 71.2 Å². The second-order valence-corrected chi connectivity index (χ2v) is 18.3. The van der Waals surface area contributed by atoms with Crippen molar-refractivity contribution in [2.45, 2.75) is 142 Å². The molecule has 6 atom stereocenters. The fourth-order valence-electron chi connectivity index (χ4n) is 8.64. The Morgan fingerprint density at radius 3 is 2.46 bits per heavy atom. The maximum Gasteiger partial charge on any atom is 0.224 e. The highest BCUT2D eigenvalue weighted by Crippen LogP contribution is 2.37. The molecule has 0 bridgehead atoms. The van der Waals surface area contributed by atoms with E-state index in [0.717, 1.165) is 86.1 Å². The number of nitrogens with zero attached hydrogens (tertiary/aromatic N) is 3. The summed E-state index contributed by atoms with van der Waals surface area (Å²) >= 11 is 1.72. The van der Waals surface area contributed by atoms with Gasteiger partial charge in [-0.15, -0.1) is 11.3 Å². The van der Waals surface area contributed by atoms with Gasteiger partial charge in [0, 0.05) is 53.7 Å². The number of aliphatic hydroxyl groups is 1. The van der Waals surface area contributed by atoms with Crippen LogP contribution in [0.2, 0.25) is 0 Å². The Hall–Kier alpha value is -4.13. The number of aromatic nitrogens is 3. The molecule has 5 N–H and O–H groups in total. The third-order valence-corrected chi connectivity index (χ3v) is 12.7. The summed E-state index contributed by atoms with van der Waals surface area (Å²) in [6.07, 6.45) is 10.6. The normalized spacial score (nSPS) is 21.5. The Balaban J connectivity index is 0.891. The van der Waals surface area contributed by atoms with Gasteiger partial charge < -0.3 is 26.4 Å². The van der Waals surface area contributed by atoms with Gasteiger partial charge >= 0.3 is 0 Å². The Morgan fingerprint density at radius 1 is 0.965 bits per heavy atom. The van der Waals surface area contributed by atoms with E-state index in [1.54, 1.807) is 17.5 Å². The van der Waals surface area contributed by atoms with Crippen molar-refractivity contribution in [2.75, 3.05) is 11.9 Å². The molecule has 2 saturated carbocycles. The molecule has 3 heterocycles. The van der Waals surface area contributed by atoms with Crippen molar-refractivity contribution in [3.05, 3.63) is 70.9 Å². The van der Waals surface area contributed by atoms with Gasteiger partial charge in [0.2, 0.25) is 11.8 Å². The zero-order chi connectivity index (χ0) is 40.5. The van der Waals surface area contributed by atoms with Crippen LogP contribution in [0.3, 0.4) is 0 Å². The molecule has 2 aliphatic carbocycles. The number of hydrogen-bond acceptors (Lipinski definition) is 9. The summed E-state index contributed by atoms with van der Waals surface area (Å²) in [5, 5.41) is 30.7. The lowest BCUT2D eigenvalue weighted by Gasteiger charge is -2.33. The minimum absolute atomic E-state index is 0.00702. The summed E-state index contributed by atoms with van der Waals surface area (Å²) in [6, 6.07) is 14.4. The van der Waals surface area contributed by atoms with E-state index in [0.29, 0.717) is 32.4 Å². The molecule has 4 aromatic rings. The van der Waals surface area contributed by atoms with Crippen LogP contribution < -0.4 is 21.3 Å². The van der Waals surface area contributed by atoms with Crippen molar-refractivity contribution in [2.24, 2.45) is 17.3 Å². The van der Waals surface area contributed by atoms with E-state index in [1.165, 1.54) is 10.4 Å². The van der Waals surface area contributed by atoms with Crippen molar-refractivity contribution < 1.29 is 19.5 Å². The lowest BCUT2D eigenvalue weighted by molar-refractivity contribution is -0.135. The molecule has 57 heavy (non-hydrogen) atoms. The number of ketones is 1. The van der Waals surface area contributed by atoms with Gasteiger partial charge in [0.05, 0.1) is 24.3 Å². The number of aryl methyl sites for hydroxylation is 2. The zero-order valence-electron chi connectivity index (χ0n) is 34.5. The molecular weight excluding hydrogens is 735 g/mol.